The molecule has 0 radical (unpaired) electrons. The largest absolute Gasteiger partial charge is 0.493 e. The van der Waals surface area contributed by atoms with Gasteiger partial charge in [-0.05, 0) is 66.9 Å². The van der Waals surface area contributed by atoms with Crippen LogP contribution in [0.15, 0.2) is 48.5 Å². The summed E-state index contributed by atoms with van der Waals surface area (Å²) in [6.07, 6.45) is 8.94. The van der Waals surface area contributed by atoms with Gasteiger partial charge < -0.3 is 14.2 Å². The van der Waals surface area contributed by atoms with Crippen LogP contribution in [0.4, 0.5) is 0 Å². The molecule has 40 heavy (non-hydrogen) atoms. The van der Waals surface area contributed by atoms with Crippen molar-refractivity contribution in [1.82, 2.24) is 0 Å². The highest BCUT2D eigenvalue weighted by molar-refractivity contribution is 5.89. The van der Waals surface area contributed by atoms with Crippen LogP contribution < -0.4 is 9.47 Å². The van der Waals surface area contributed by atoms with Gasteiger partial charge in [0.2, 0.25) is 0 Å². The van der Waals surface area contributed by atoms with Gasteiger partial charge in [-0.2, -0.15) is 5.26 Å². The number of benzene rings is 2. The molecule has 2 rings (SSSR count). The van der Waals surface area contributed by atoms with Crippen molar-refractivity contribution in [3.63, 3.8) is 0 Å². The van der Waals surface area contributed by atoms with Gasteiger partial charge in [-0.1, -0.05) is 96.7 Å². The molecule has 0 heterocycles. The summed E-state index contributed by atoms with van der Waals surface area (Å²) in [7, 11) is 1.63. The van der Waals surface area contributed by atoms with Crippen molar-refractivity contribution in [2.75, 3.05) is 20.3 Å². The zero-order valence-corrected chi connectivity index (χ0v) is 25.7. The summed E-state index contributed by atoms with van der Waals surface area (Å²) in [6.45, 7) is 13.9. The lowest BCUT2D eigenvalue weighted by molar-refractivity contribution is -0.160. The molecule has 0 aromatic heterocycles. The van der Waals surface area contributed by atoms with E-state index in [0.717, 1.165) is 56.1 Å². The van der Waals surface area contributed by atoms with Gasteiger partial charge in [0.15, 0.2) is 11.5 Å². The van der Waals surface area contributed by atoms with Gasteiger partial charge in [0.1, 0.15) is 0 Å². The molecule has 0 aliphatic heterocycles. The molecular formula is C35H49NO4. The lowest BCUT2D eigenvalue weighted by atomic mass is 9.69. The predicted molar refractivity (Wildman–Crippen MR) is 164 cm³/mol. The Hall–Kier alpha value is -3.26. The maximum Gasteiger partial charge on any atom is 0.312 e. The minimum Gasteiger partial charge on any atom is -0.493 e. The number of rotatable bonds is 16. The monoisotopic (exact) mass is 547 g/mol. The van der Waals surface area contributed by atoms with Crippen molar-refractivity contribution in [1.29, 1.82) is 5.26 Å². The number of carbonyl (C=O) groups excluding carboxylic acids is 1. The number of ether oxygens (including phenoxy) is 3. The summed E-state index contributed by atoms with van der Waals surface area (Å²) in [4.78, 5) is 12.8. The van der Waals surface area contributed by atoms with E-state index in [-0.39, 0.29) is 17.3 Å². The Bertz CT molecular complexity index is 1120. The van der Waals surface area contributed by atoms with Gasteiger partial charge >= 0.3 is 5.97 Å². The van der Waals surface area contributed by atoms with Crippen molar-refractivity contribution in [2.45, 2.75) is 86.5 Å². The van der Waals surface area contributed by atoms with E-state index in [4.69, 9.17) is 14.2 Å². The van der Waals surface area contributed by atoms with Crippen molar-refractivity contribution in [2.24, 2.45) is 16.7 Å². The second-order valence-electron chi connectivity index (χ2n) is 12.4. The summed E-state index contributed by atoms with van der Waals surface area (Å²) >= 11 is 0. The quantitative estimate of drug-likeness (QED) is 0.0907. The van der Waals surface area contributed by atoms with Crippen LogP contribution in [0.5, 0.6) is 11.5 Å². The molecule has 5 nitrogen and oxygen atoms in total. The number of carbonyl (C=O) groups is 1. The average molecular weight is 548 g/mol. The van der Waals surface area contributed by atoms with Crippen molar-refractivity contribution in [3.05, 3.63) is 59.7 Å². The number of unbranched alkanes of at least 4 members (excludes halogenated alkanes) is 5. The molecule has 1 unspecified atom stereocenters. The van der Waals surface area contributed by atoms with Gasteiger partial charge in [0.05, 0.1) is 37.4 Å². The van der Waals surface area contributed by atoms with E-state index in [2.05, 4.69) is 40.7 Å². The first-order chi connectivity index (χ1) is 19.0. The lowest BCUT2D eigenvalue weighted by Crippen LogP contribution is -2.38. The maximum absolute atomic E-state index is 12.8. The summed E-state index contributed by atoms with van der Waals surface area (Å²) in [5.41, 5.74) is 2.01. The van der Waals surface area contributed by atoms with Crippen molar-refractivity contribution < 1.29 is 19.0 Å². The summed E-state index contributed by atoms with van der Waals surface area (Å²) in [5, 5.41) is 9.58. The van der Waals surface area contributed by atoms with E-state index in [0.29, 0.717) is 30.3 Å². The summed E-state index contributed by atoms with van der Waals surface area (Å²) < 4.78 is 17.2. The van der Waals surface area contributed by atoms with E-state index in [1.165, 1.54) is 0 Å². The van der Waals surface area contributed by atoms with Gasteiger partial charge in [0, 0.05) is 0 Å². The topological polar surface area (TPSA) is 68.6 Å². The van der Waals surface area contributed by atoms with Gasteiger partial charge in [0.25, 0.3) is 0 Å². The second-order valence-corrected chi connectivity index (χ2v) is 12.4. The number of methoxy groups -OCH3 is 1. The molecule has 0 bridgehead atoms. The number of nitriles is 1. The fraction of sp³-hybridized carbons (Fsp3) is 0.543. The third kappa shape index (κ3) is 10.7. The highest BCUT2D eigenvalue weighted by Crippen LogP contribution is 2.40. The highest BCUT2D eigenvalue weighted by Gasteiger charge is 2.41. The van der Waals surface area contributed by atoms with E-state index in [9.17, 15) is 10.1 Å². The van der Waals surface area contributed by atoms with Crippen LogP contribution in [0.3, 0.4) is 0 Å². The first-order valence-corrected chi connectivity index (χ1v) is 14.7. The SMILES string of the molecule is COc1cc(/C=C(\C#N)c2ccccc2)ccc1OCCCCCCCCOC(=O)C(C)(CC(C)(C)C)C(C)C. The minimum absolute atomic E-state index is 0.0595. The van der Waals surface area contributed by atoms with Crippen LogP contribution >= 0.6 is 0 Å². The number of hydrogen-bond donors (Lipinski definition) is 0. The molecule has 0 aliphatic rings. The van der Waals surface area contributed by atoms with Crippen LogP contribution in [0.1, 0.15) is 97.6 Å². The van der Waals surface area contributed by atoms with E-state index >= 15 is 0 Å². The maximum atomic E-state index is 12.8. The Kier molecular flexibility index (Phi) is 13.3. The number of nitrogens with zero attached hydrogens (tertiary/aromatic N) is 1. The Labute approximate surface area is 242 Å². The van der Waals surface area contributed by atoms with Crippen LogP contribution in [0.25, 0.3) is 11.6 Å². The normalized spacial score (nSPS) is 13.4. The Morgan fingerprint density at radius 2 is 1.52 bits per heavy atom. The lowest BCUT2D eigenvalue weighted by Gasteiger charge is -2.36. The summed E-state index contributed by atoms with van der Waals surface area (Å²) in [5.74, 6) is 1.55. The van der Waals surface area contributed by atoms with Gasteiger partial charge in [-0.25, -0.2) is 0 Å². The first kappa shape index (κ1) is 32.9. The van der Waals surface area contributed by atoms with Crippen molar-refractivity contribution >= 4 is 17.6 Å². The third-order valence-electron chi connectivity index (χ3n) is 7.37. The molecule has 0 amide bonds. The Morgan fingerprint density at radius 3 is 2.10 bits per heavy atom. The molecule has 1 atom stereocenters. The minimum atomic E-state index is -0.445. The fourth-order valence-corrected chi connectivity index (χ4v) is 4.89. The standard InChI is InChI=1S/C35H49NO4/c1-27(2)35(6,26-34(3,4)5)33(37)40-22-16-11-9-8-10-15-21-39-31-20-19-28(24-32(31)38-7)23-30(25-36)29-17-13-12-14-18-29/h12-14,17-20,23-24,27H,8-11,15-16,21-22,26H2,1-7H3/b30-23+. The van der Waals surface area contributed by atoms with E-state index in [1.807, 2.05) is 61.5 Å². The van der Waals surface area contributed by atoms with Gasteiger partial charge in [-0.3, -0.25) is 4.79 Å². The average Bonchev–Trinajstić information content (AvgIpc) is 2.92. The van der Waals surface area contributed by atoms with Crippen molar-refractivity contribution in [3.8, 4) is 17.6 Å². The van der Waals surface area contributed by atoms with Crippen LogP contribution in [0, 0.1) is 28.1 Å². The number of allylic oxidation sites excluding steroid dienone is 1. The molecule has 0 saturated heterocycles. The smallest absolute Gasteiger partial charge is 0.312 e. The van der Waals surface area contributed by atoms with Gasteiger partial charge in [-0.15, -0.1) is 0 Å². The zero-order valence-electron chi connectivity index (χ0n) is 25.7. The van der Waals surface area contributed by atoms with Crippen LogP contribution in [-0.2, 0) is 9.53 Å². The molecule has 0 saturated carbocycles. The fourth-order valence-electron chi connectivity index (χ4n) is 4.89. The molecule has 218 valence electrons. The first-order valence-electron chi connectivity index (χ1n) is 14.7. The van der Waals surface area contributed by atoms with E-state index < -0.39 is 5.41 Å². The molecular weight excluding hydrogens is 498 g/mol. The third-order valence-corrected chi connectivity index (χ3v) is 7.37. The molecule has 5 heteroatoms. The molecule has 2 aromatic rings. The molecule has 2 aromatic carbocycles. The van der Waals surface area contributed by atoms with Crippen LogP contribution in [-0.4, -0.2) is 26.3 Å². The summed E-state index contributed by atoms with van der Waals surface area (Å²) in [6, 6.07) is 17.7. The van der Waals surface area contributed by atoms with E-state index in [1.54, 1.807) is 7.11 Å². The molecule has 0 aliphatic carbocycles. The van der Waals surface area contributed by atoms with Crippen LogP contribution in [0.2, 0.25) is 0 Å². The Balaban J connectivity index is 1.69. The predicted octanol–water partition coefficient (Wildman–Crippen LogP) is 9.12. The second kappa shape index (κ2) is 16.1. The molecule has 0 N–H and O–H groups in total. The molecule has 0 fully saturated rings. The number of esters is 1. The molecule has 0 spiro atoms. The Morgan fingerprint density at radius 1 is 0.900 bits per heavy atom. The number of hydrogen-bond acceptors (Lipinski definition) is 5. The highest BCUT2D eigenvalue weighted by atomic mass is 16.5. The zero-order chi connectivity index (χ0) is 29.6.